The van der Waals surface area contributed by atoms with Crippen LogP contribution in [0, 0.1) is 11.6 Å². The fourth-order valence-electron chi connectivity index (χ4n) is 1.17. The second-order valence-electron chi connectivity index (χ2n) is 2.68. The summed E-state index contributed by atoms with van der Waals surface area (Å²) in [6, 6.07) is 0.852. The monoisotopic (exact) mass is 211 g/mol. The Hall–Kier alpha value is -2.20. The molecule has 0 radical (unpaired) electrons. The van der Waals surface area contributed by atoms with Gasteiger partial charge in [0.15, 0.2) is 17.3 Å². The van der Waals surface area contributed by atoms with Gasteiger partial charge in [-0.05, 0) is 0 Å². The molecule has 0 fully saturated rings. The van der Waals surface area contributed by atoms with Gasteiger partial charge in [-0.3, -0.25) is 0 Å². The Morgan fingerprint density at radius 1 is 1.53 bits per heavy atom. The van der Waals surface area contributed by atoms with E-state index in [1.54, 1.807) is 0 Å². The summed E-state index contributed by atoms with van der Waals surface area (Å²) in [5, 5.41) is 7.94. The SMILES string of the molecule is O=C=c1nc2cc(F)/c(=C\O)c(F)c2o1. The van der Waals surface area contributed by atoms with Gasteiger partial charge in [-0.2, -0.15) is 4.98 Å². The zero-order chi connectivity index (χ0) is 11.0. The molecule has 1 N–H and O–H groups in total. The third-order valence-electron chi connectivity index (χ3n) is 1.83. The number of rotatable bonds is 0. The van der Waals surface area contributed by atoms with Gasteiger partial charge in [-0.15, -0.1) is 0 Å². The van der Waals surface area contributed by atoms with Crippen LogP contribution < -0.4 is 10.8 Å². The number of aliphatic hydroxyl groups excluding tert-OH is 1. The van der Waals surface area contributed by atoms with Gasteiger partial charge in [0.2, 0.25) is 0 Å². The molecule has 1 aromatic heterocycles. The average Bonchev–Trinajstić information content (AvgIpc) is 2.61. The van der Waals surface area contributed by atoms with E-state index in [1.807, 2.05) is 0 Å². The first-order valence-corrected chi connectivity index (χ1v) is 3.81. The highest BCUT2D eigenvalue weighted by Gasteiger charge is 2.13. The molecule has 76 valence electrons. The summed E-state index contributed by atoms with van der Waals surface area (Å²) in [6.45, 7) is 0. The molecule has 0 spiro atoms. The Morgan fingerprint density at radius 2 is 2.27 bits per heavy atom. The van der Waals surface area contributed by atoms with Gasteiger partial charge in [0.05, 0.1) is 11.5 Å². The smallest absolute Gasteiger partial charge is 0.308 e. The first-order chi connectivity index (χ1) is 7.17. The molecule has 0 atom stereocenters. The van der Waals surface area contributed by atoms with E-state index in [1.165, 1.54) is 5.94 Å². The minimum atomic E-state index is -1.11. The van der Waals surface area contributed by atoms with Crippen LogP contribution in [0.25, 0.3) is 17.4 Å². The lowest BCUT2D eigenvalue weighted by Crippen LogP contribution is -2.12. The van der Waals surface area contributed by atoms with Gasteiger partial charge >= 0.3 is 5.55 Å². The molecule has 1 aromatic carbocycles. The Balaban J connectivity index is 3.08. The minimum Gasteiger partial charge on any atom is -0.515 e. The third kappa shape index (κ3) is 1.28. The topological polar surface area (TPSA) is 63.3 Å². The molecule has 0 aliphatic carbocycles. The largest absolute Gasteiger partial charge is 0.515 e. The van der Waals surface area contributed by atoms with E-state index in [4.69, 9.17) is 5.11 Å². The zero-order valence-corrected chi connectivity index (χ0v) is 7.12. The van der Waals surface area contributed by atoms with Gasteiger partial charge in [0, 0.05) is 6.07 Å². The predicted molar refractivity (Wildman–Crippen MR) is 45.1 cm³/mol. The van der Waals surface area contributed by atoms with Crippen molar-refractivity contribution in [3.05, 3.63) is 28.5 Å². The molecular formula is C9H3F2NO3. The van der Waals surface area contributed by atoms with Crippen molar-refractivity contribution < 1.29 is 23.1 Å². The van der Waals surface area contributed by atoms with Crippen LogP contribution in [0.15, 0.2) is 10.5 Å². The number of oxazole rings is 1. The van der Waals surface area contributed by atoms with E-state index in [0.717, 1.165) is 6.07 Å². The first-order valence-electron chi connectivity index (χ1n) is 3.81. The normalized spacial score (nSPS) is 12.0. The fraction of sp³-hybridized carbons (Fsp3) is 0. The van der Waals surface area contributed by atoms with Gasteiger partial charge in [0.1, 0.15) is 11.3 Å². The number of fused-ring (bicyclic) bond motifs is 1. The molecule has 0 amide bonds. The molecule has 0 saturated carbocycles. The number of aliphatic hydroxyl groups is 1. The lowest BCUT2D eigenvalue weighted by Gasteiger charge is -1.92. The molecule has 0 aliphatic heterocycles. The predicted octanol–water partition coefficient (Wildman–Crippen LogP) is -0.0948. The molecule has 2 rings (SSSR count). The van der Waals surface area contributed by atoms with Crippen molar-refractivity contribution in [1.82, 2.24) is 4.98 Å². The second kappa shape index (κ2) is 3.18. The molecule has 4 nitrogen and oxygen atoms in total. The molecule has 15 heavy (non-hydrogen) atoms. The molecule has 0 unspecified atom stereocenters. The van der Waals surface area contributed by atoms with Crippen molar-refractivity contribution in [3.8, 4) is 0 Å². The Morgan fingerprint density at radius 3 is 2.87 bits per heavy atom. The third-order valence-corrected chi connectivity index (χ3v) is 1.83. The van der Waals surface area contributed by atoms with Gasteiger partial charge in [-0.25, -0.2) is 13.6 Å². The molecule has 2 aromatic rings. The van der Waals surface area contributed by atoms with Crippen molar-refractivity contribution in [3.63, 3.8) is 0 Å². The highest BCUT2D eigenvalue weighted by atomic mass is 19.1. The van der Waals surface area contributed by atoms with Gasteiger partial charge < -0.3 is 9.52 Å². The molecule has 0 bridgehead atoms. The first kappa shape index (κ1) is 9.36. The Labute approximate surface area is 80.8 Å². The van der Waals surface area contributed by atoms with E-state index in [2.05, 4.69) is 9.40 Å². The number of hydrogen-bond acceptors (Lipinski definition) is 4. The summed E-state index contributed by atoms with van der Waals surface area (Å²) in [5.41, 5.74) is -1.01. The standard InChI is InChI=1S/C9H3F2NO3/c10-5-1-6-9(8(11)4(5)2-13)15-7(3-14)12-6/h1-2,13H/b4-2+. The number of hydrogen-bond donors (Lipinski definition) is 1. The molecule has 0 saturated heterocycles. The van der Waals surface area contributed by atoms with Crippen LogP contribution in [-0.2, 0) is 4.79 Å². The maximum Gasteiger partial charge on any atom is 0.308 e. The van der Waals surface area contributed by atoms with Crippen LogP contribution in [0.4, 0.5) is 8.78 Å². The summed E-state index contributed by atoms with van der Waals surface area (Å²) in [6.07, 6.45) is 0.275. The quantitative estimate of drug-likeness (QED) is 0.661. The van der Waals surface area contributed by atoms with Crippen LogP contribution in [0.1, 0.15) is 0 Å². The highest BCUT2D eigenvalue weighted by molar-refractivity contribution is 5.73. The van der Waals surface area contributed by atoms with Crippen LogP contribution in [-0.4, -0.2) is 16.0 Å². The van der Waals surface area contributed by atoms with Crippen molar-refractivity contribution in [2.45, 2.75) is 0 Å². The van der Waals surface area contributed by atoms with Crippen molar-refractivity contribution in [2.24, 2.45) is 0 Å². The Bertz CT molecular complexity index is 671. The van der Waals surface area contributed by atoms with Crippen molar-refractivity contribution >= 4 is 23.3 Å². The second-order valence-corrected chi connectivity index (χ2v) is 2.68. The molecule has 1 heterocycles. The average molecular weight is 211 g/mol. The van der Waals surface area contributed by atoms with E-state index >= 15 is 0 Å². The summed E-state index contributed by atoms with van der Waals surface area (Å²) in [4.78, 5) is 13.6. The maximum atomic E-state index is 13.4. The summed E-state index contributed by atoms with van der Waals surface area (Å²) >= 11 is 0. The van der Waals surface area contributed by atoms with Crippen molar-refractivity contribution in [1.29, 1.82) is 0 Å². The van der Waals surface area contributed by atoms with Crippen LogP contribution in [0.2, 0.25) is 0 Å². The lowest BCUT2D eigenvalue weighted by molar-refractivity contribution is 0.495. The minimum absolute atomic E-state index is 0.144. The summed E-state index contributed by atoms with van der Waals surface area (Å²) in [5.74, 6) is -0.791. The van der Waals surface area contributed by atoms with Crippen LogP contribution >= 0.6 is 0 Å². The number of carbonyl (C=O) groups excluding carboxylic acids is 1. The lowest BCUT2D eigenvalue weighted by atomic mass is 10.2. The molecular weight excluding hydrogens is 208 g/mol. The zero-order valence-electron chi connectivity index (χ0n) is 7.12. The van der Waals surface area contributed by atoms with Gasteiger partial charge in [0.25, 0.3) is 0 Å². The molecule has 0 aliphatic rings. The van der Waals surface area contributed by atoms with Crippen molar-refractivity contribution in [2.75, 3.05) is 0 Å². The van der Waals surface area contributed by atoms with E-state index in [9.17, 15) is 13.6 Å². The van der Waals surface area contributed by atoms with E-state index < -0.39 is 28.0 Å². The number of benzene rings is 1. The molecule has 6 heteroatoms. The van der Waals surface area contributed by atoms with Crippen LogP contribution in [0.3, 0.4) is 0 Å². The van der Waals surface area contributed by atoms with E-state index in [0.29, 0.717) is 0 Å². The van der Waals surface area contributed by atoms with Crippen LogP contribution in [0.5, 0.6) is 0 Å². The van der Waals surface area contributed by atoms with E-state index in [-0.39, 0.29) is 11.8 Å². The fourth-order valence-corrected chi connectivity index (χ4v) is 1.17. The Kier molecular flexibility index (Phi) is 1.98. The summed E-state index contributed by atoms with van der Waals surface area (Å²) in [7, 11) is 0. The number of aromatic nitrogens is 1. The summed E-state index contributed by atoms with van der Waals surface area (Å²) < 4.78 is 31.1. The maximum absolute atomic E-state index is 13.4. The number of nitrogens with zero attached hydrogens (tertiary/aromatic N) is 1. The number of halogens is 2. The highest BCUT2D eigenvalue weighted by Crippen LogP contribution is 2.11. The van der Waals surface area contributed by atoms with Gasteiger partial charge in [-0.1, -0.05) is 0 Å².